The van der Waals surface area contributed by atoms with Gasteiger partial charge in [-0.1, -0.05) is 23.2 Å². The Kier molecular flexibility index (Phi) is 6.91. The van der Waals surface area contributed by atoms with Gasteiger partial charge in [-0.15, -0.1) is 0 Å². The molecule has 0 radical (unpaired) electrons. The van der Waals surface area contributed by atoms with Crippen molar-refractivity contribution < 1.29 is 19.1 Å². The van der Waals surface area contributed by atoms with Gasteiger partial charge in [0.2, 0.25) is 5.91 Å². The lowest BCUT2D eigenvalue weighted by Crippen LogP contribution is -2.42. The zero-order valence-corrected chi connectivity index (χ0v) is 14.9. The van der Waals surface area contributed by atoms with E-state index in [9.17, 15) is 9.59 Å². The Hall–Kier alpha value is -2.44. The fourth-order valence-electron chi connectivity index (χ4n) is 1.86. The van der Waals surface area contributed by atoms with Crippen LogP contribution in [0.4, 0.5) is 0 Å². The molecule has 0 atom stereocenters. The summed E-state index contributed by atoms with van der Waals surface area (Å²) in [6, 6.07) is 11.5. The van der Waals surface area contributed by atoms with E-state index in [1.807, 2.05) is 0 Å². The van der Waals surface area contributed by atoms with Gasteiger partial charge in [0.1, 0.15) is 11.5 Å². The van der Waals surface area contributed by atoms with Gasteiger partial charge in [0.05, 0.1) is 30.7 Å². The van der Waals surface area contributed by atoms with E-state index in [4.69, 9.17) is 32.7 Å². The second kappa shape index (κ2) is 9.15. The number of methoxy groups -OCH3 is 1. The van der Waals surface area contributed by atoms with E-state index >= 15 is 0 Å². The first kappa shape index (κ1) is 18.9. The molecule has 0 heterocycles. The number of benzene rings is 2. The number of rotatable bonds is 6. The van der Waals surface area contributed by atoms with E-state index < -0.39 is 11.8 Å². The largest absolute Gasteiger partial charge is 0.497 e. The Labute approximate surface area is 155 Å². The molecule has 0 saturated heterocycles. The molecule has 0 fully saturated rings. The average Bonchev–Trinajstić information content (AvgIpc) is 2.62. The Morgan fingerprint density at radius 1 is 1.00 bits per heavy atom. The maximum atomic E-state index is 12.0. The molecule has 0 spiro atoms. The lowest BCUT2D eigenvalue weighted by Gasteiger charge is -2.10. The van der Waals surface area contributed by atoms with Gasteiger partial charge in [-0.2, -0.15) is 0 Å². The zero-order chi connectivity index (χ0) is 18.2. The molecule has 2 aromatic carbocycles. The predicted molar refractivity (Wildman–Crippen MR) is 95.2 cm³/mol. The van der Waals surface area contributed by atoms with Gasteiger partial charge < -0.3 is 9.47 Å². The van der Waals surface area contributed by atoms with E-state index in [0.29, 0.717) is 16.5 Å². The first-order chi connectivity index (χ1) is 12.0. The van der Waals surface area contributed by atoms with Crippen molar-refractivity contribution in [1.82, 2.24) is 10.9 Å². The number of halogens is 2. The number of nitrogens with one attached hydrogen (secondary N) is 2. The van der Waals surface area contributed by atoms with Crippen LogP contribution in [-0.2, 0) is 4.79 Å². The molecule has 8 heteroatoms. The van der Waals surface area contributed by atoms with Crippen molar-refractivity contribution in [2.75, 3.05) is 13.7 Å². The van der Waals surface area contributed by atoms with Crippen LogP contribution in [0.5, 0.6) is 11.5 Å². The molecule has 25 heavy (non-hydrogen) atoms. The monoisotopic (exact) mass is 382 g/mol. The van der Waals surface area contributed by atoms with E-state index in [0.717, 1.165) is 0 Å². The fraction of sp³-hybridized carbons (Fsp3) is 0.176. The van der Waals surface area contributed by atoms with Crippen molar-refractivity contribution in [3.05, 3.63) is 58.1 Å². The van der Waals surface area contributed by atoms with Crippen molar-refractivity contribution in [3.8, 4) is 11.5 Å². The first-order valence-corrected chi connectivity index (χ1v) is 8.06. The van der Waals surface area contributed by atoms with Crippen molar-refractivity contribution in [3.63, 3.8) is 0 Å². The Bertz CT molecular complexity index is 751. The molecule has 0 aliphatic carbocycles. The van der Waals surface area contributed by atoms with Crippen LogP contribution in [0.25, 0.3) is 0 Å². The van der Waals surface area contributed by atoms with E-state index in [-0.39, 0.29) is 23.6 Å². The number of hydrogen-bond donors (Lipinski definition) is 2. The summed E-state index contributed by atoms with van der Waals surface area (Å²) >= 11 is 11.7. The van der Waals surface area contributed by atoms with Crippen molar-refractivity contribution in [1.29, 1.82) is 0 Å². The maximum Gasteiger partial charge on any atom is 0.271 e. The molecule has 0 aliphatic rings. The molecule has 0 aliphatic heterocycles. The predicted octanol–water partition coefficient (Wildman–Crippen LogP) is 3.23. The normalized spacial score (nSPS) is 10.0. The standard InChI is InChI=1S/C17H16Cl2N2O4/c1-24-12-3-5-13(6-4-12)25-9-8-16(22)20-21-17(23)14-10-11(18)2-7-15(14)19/h2-7,10H,8-9H2,1H3,(H,20,22)(H,21,23). The molecular formula is C17H16Cl2N2O4. The minimum atomic E-state index is -0.558. The molecule has 6 nitrogen and oxygen atoms in total. The van der Waals surface area contributed by atoms with E-state index in [2.05, 4.69) is 10.9 Å². The SMILES string of the molecule is COc1ccc(OCCC(=O)NNC(=O)c2cc(Cl)ccc2Cl)cc1. The first-order valence-electron chi connectivity index (χ1n) is 7.30. The van der Waals surface area contributed by atoms with Crippen LogP contribution in [-0.4, -0.2) is 25.5 Å². The van der Waals surface area contributed by atoms with Crippen LogP contribution in [0, 0.1) is 0 Å². The summed E-state index contributed by atoms with van der Waals surface area (Å²) in [6.07, 6.45) is 0.0651. The van der Waals surface area contributed by atoms with Crippen LogP contribution in [0.1, 0.15) is 16.8 Å². The third-order valence-corrected chi connectivity index (χ3v) is 3.71. The molecule has 2 aromatic rings. The summed E-state index contributed by atoms with van der Waals surface area (Å²) in [5.41, 5.74) is 4.74. The molecule has 0 unspecified atom stereocenters. The Morgan fingerprint density at radius 3 is 2.36 bits per heavy atom. The molecule has 0 aromatic heterocycles. The molecular weight excluding hydrogens is 367 g/mol. The molecule has 2 N–H and O–H groups in total. The van der Waals surface area contributed by atoms with Gasteiger partial charge in [-0.05, 0) is 42.5 Å². The molecule has 0 saturated carbocycles. The molecule has 132 valence electrons. The highest BCUT2D eigenvalue weighted by Gasteiger charge is 2.12. The van der Waals surface area contributed by atoms with Gasteiger partial charge in [0.15, 0.2) is 0 Å². The summed E-state index contributed by atoms with van der Waals surface area (Å²) < 4.78 is 10.5. The third kappa shape index (κ3) is 5.85. The van der Waals surface area contributed by atoms with Crippen LogP contribution in [0.15, 0.2) is 42.5 Å². The maximum absolute atomic E-state index is 12.0. The van der Waals surface area contributed by atoms with Gasteiger partial charge in [0.25, 0.3) is 5.91 Å². The van der Waals surface area contributed by atoms with Crippen LogP contribution < -0.4 is 20.3 Å². The lowest BCUT2D eigenvalue weighted by atomic mass is 10.2. The fourth-order valence-corrected chi connectivity index (χ4v) is 2.24. The lowest BCUT2D eigenvalue weighted by molar-refractivity contribution is -0.122. The summed E-state index contributed by atoms with van der Waals surface area (Å²) in [4.78, 5) is 23.7. The quantitative estimate of drug-likeness (QED) is 0.751. The average molecular weight is 383 g/mol. The second-order valence-corrected chi connectivity index (χ2v) is 5.74. The van der Waals surface area contributed by atoms with Gasteiger partial charge in [-0.3, -0.25) is 20.4 Å². The smallest absolute Gasteiger partial charge is 0.271 e. The number of carbonyl (C=O) groups excluding carboxylic acids is 2. The van der Waals surface area contributed by atoms with Crippen molar-refractivity contribution in [2.45, 2.75) is 6.42 Å². The highest BCUT2D eigenvalue weighted by atomic mass is 35.5. The number of hydrazine groups is 1. The van der Waals surface area contributed by atoms with E-state index in [1.165, 1.54) is 12.1 Å². The highest BCUT2D eigenvalue weighted by molar-refractivity contribution is 6.35. The number of carbonyl (C=O) groups is 2. The van der Waals surface area contributed by atoms with Gasteiger partial charge in [-0.25, -0.2) is 0 Å². The second-order valence-electron chi connectivity index (χ2n) is 4.90. The van der Waals surface area contributed by atoms with Gasteiger partial charge in [0, 0.05) is 5.02 Å². The Balaban J connectivity index is 1.74. The van der Waals surface area contributed by atoms with Crippen LogP contribution in [0.2, 0.25) is 10.0 Å². The van der Waals surface area contributed by atoms with Crippen LogP contribution in [0.3, 0.4) is 0 Å². The van der Waals surface area contributed by atoms with Gasteiger partial charge >= 0.3 is 0 Å². The topological polar surface area (TPSA) is 76.7 Å². The number of ether oxygens (including phenoxy) is 2. The van der Waals surface area contributed by atoms with Crippen molar-refractivity contribution >= 4 is 35.0 Å². The zero-order valence-electron chi connectivity index (χ0n) is 13.3. The summed E-state index contributed by atoms with van der Waals surface area (Å²) in [5, 5.41) is 0.604. The third-order valence-electron chi connectivity index (χ3n) is 3.15. The number of hydrogen-bond acceptors (Lipinski definition) is 4. The Morgan fingerprint density at radius 2 is 1.68 bits per heavy atom. The summed E-state index contributed by atoms with van der Waals surface area (Å²) in [5.74, 6) is 0.368. The van der Waals surface area contributed by atoms with E-state index in [1.54, 1.807) is 37.4 Å². The molecule has 2 rings (SSSR count). The summed E-state index contributed by atoms with van der Waals surface area (Å²) in [6.45, 7) is 0.159. The summed E-state index contributed by atoms with van der Waals surface area (Å²) in [7, 11) is 1.57. The highest BCUT2D eigenvalue weighted by Crippen LogP contribution is 2.20. The molecule has 2 amide bonds. The van der Waals surface area contributed by atoms with Crippen LogP contribution >= 0.6 is 23.2 Å². The van der Waals surface area contributed by atoms with Crippen molar-refractivity contribution in [2.24, 2.45) is 0 Å². The molecule has 0 bridgehead atoms. The number of amides is 2. The minimum absolute atomic E-state index is 0.0651. The minimum Gasteiger partial charge on any atom is -0.497 e.